The Morgan fingerprint density at radius 3 is 2.88 bits per heavy atom. The third-order valence-electron chi connectivity index (χ3n) is 4.42. The van der Waals surface area contributed by atoms with Crippen molar-refractivity contribution in [3.8, 4) is 0 Å². The number of nitrogens with one attached hydrogen (secondary N) is 1. The van der Waals surface area contributed by atoms with E-state index in [0.29, 0.717) is 13.1 Å². The molecule has 0 aliphatic carbocycles. The maximum atomic E-state index is 12.5. The van der Waals surface area contributed by atoms with E-state index in [9.17, 15) is 4.79 Å². The monoisotopic (exact) mass is 332 g/mol. The summed E-state index contributed by atoms with van der Waals surface area (Å²) in [4.78, 5) is 20.5. The standard InChI is InChI=1S/C14H20N8O2/c23-14(13-15-10-16-19-13)21-2-1-3-22-11(17-18-12(22)9-21)8-20-4-6-24-7-5-20/h10H,1-9H2,(H,15,16,19). The van der Waals surface area contributed by atoms with Gasteiger partial charge in [0, 0.05) is 26.2 Å². The number of amides is 1. The molecule has 1 N–H and O–H groups in total. The number of rotatable bonds is 3. The van der Waals surface area contributed by atoms with Crippen molar-refractivity contribution in [3.63, 3.8) is 0 Å². The summed E-state index contributed by atoms with van der Waals surface area (Å²) in [6.07, 6.45) is 2.20. The van der Waals surface area contributed by atoms with Gasteiger partial charge in [0.1, 0.15) is 12.2 Å². The second kappa shape index (κ2) is 6.65. The second-order valence-corrected chi connectivity index (χ2v) is 5.99. The lowest BCUT2D eigenvalue weighted by Gasteiger charge is -2.26. The summed E-state index contributed by atoms with van der Waals surface area (Å²) < 4.78 is 7.53. The number of nitrogens with zero attached hydrogens (tertiary/aromatic N) is 7. The number of hydrogen-bond acceptors (Lipinski definition) is 7. The summed E-state index contributed by atoms with van der Waals surface area (Å²) >= 11 is 0. The first-order valence-corrected chi connectivity index (χ1v) is 8.17. The van der Waals surface area contributed by atoms with E-state index in [0.717, 1.165) is 57.5 Å². The average molecular weight is 332 g/mol. The van der Waals surface area contributed by atoms with Gasteiger partial charge in [-0.3, -0.25) is 14.8 Å². The highest BCUT2D eigenvalue weighted by molar-refractivity contribution is 5.90. The van der Waals surface area contributed by atoms with Gasteiger partial charge in [-0.25, -0.2) is 4.98 Å². The average Bonchev–Trinajstić information content (AvgIpc) is 3.21. The number of carbonyl (C=O) groups excluding carboxylic acids is 1. The lowest BCUT2D eigenvalue weighted by atomic mass is 10.3. The van der Waals surface area contributed by atoms with Gasteiger partial charge in [-0.2, -0.15) is 5.10 Å². The Kier molecular flexibility index (Phi) is 4.22. The Labute approximate surface area is 138 Å². The van der Waals surface area contributed by atoms with Crippen LogP contribution in [0.2, 0.25) is 0 Å². The van der Waals surface area contributed by atoms with E-state index in [1.165, 1.54) is 6.33 Å². The maximum absolute atomic E-state index is 12.5. The molecule has 0 spiro atoms. The Morgan fingerprint density at radius 2 is 2.08 bits per heavy atom. The molecule has 0 radical (unpaired) electrons. The molecule has 4 rings (SSSR count). The Morgan fingerprint density at radius 1 is 1.21 bits per heavy atom. The van der Waals surface area contributed by atoms with Crippen molar-refractivity contribution in [2.45, 2.75) is 26.1 Å². The third-order valence-corrected chi connectivity index (χ3v) is 4.42. The first-order valence-electron chi connectivity index (χ1n) is 8.17. The smallest absolute Gasteiger partial charge is 0.291 e. The van der Waals surface area contributed by atoms with Gasteiger partial charge in [0.25, 0.3) is 5.91 Å². The van der Waals surface area contributed by atoms with Crippen molar-refractivity contribution in [3.05, 3.63) is 23.8 Å². The fraction of sp³-hybridized carbons (Fsp3) is 0.643. The highest BCUT2D eigenvalue weighted by Crippen LogP contribution is 2.15. The number of aromatic amines is 1. The number of H-pyrrole nitrogens is 1. The van der Waals surface area contributed by atoms with E-state index in [-0.39, 0.29) is 11.7 Å². The van der Waals surface area contributed by atoms with Gasteiger partial charge in [0.2, 0.25) is 5.82 Å². The number of fused-ring (bicyclic) bond motifs is 1. The SMILES string of the molecule is O=C(c1ncn[nH]1)N1CCCn2c(CN3CCOCC3)nnc2C1. The molecule has 128 valence electrons. The number of ether oxygens (including phenoxy) is 1. The molecule has 2 aromatic heterocycles. The van der Waals surface area contributed by atoms with Crippen LogP contribution < -0.4 is 0 Å². The predicted molar refractivity (Wildman–Crippen MR) is 81.9 cm³/mol. The fourth-order valence-electron chi connectivity index (χ4n) is 3.12. The summed E-state index contributed by atoms with van der Waals surface area (Å²) in [5.74, 6) is 1.89. The first-order chi connectivity index (χ1) is 11.8. The molecule has 0 unspecified atom stereocenters. The number of aromatic nitrogens is 6. The van der Waals surface area contributed by atoms with Gasteiger partial charge in [-0.05, 0) is 6.42 Å². The van der Waals surface area contributed by atoms with Gasteiger partial charge in [0.05, 0.1) is 26.3 Å². The third kappa shape index (κ3) is 3.02. The lowest BCUT2D eigenvalue weighted by molar-refractivity contribution is 0.0325. The zero-order valence-corrected chi connectivity index (χ0v) is 13.4. The van der Waals surface area contributed by atoms with Crippen molar-refractivity contribution in [1.82, 2.24) is 39.7 Å². The maximum Gasteiger partial charge on any atom is 0.291 e. The van der Waals surface area contributed by atoms with Gasteiger partial charge >= 0.3 is 0 Å². The van der Waals surface area contributed by atoms with Crippen LogP contribution in [0.4, 0.5) is 0 Å². The van der Waals surface area contributed by atoms with E-state index in [1.54, 1.807) is 4.90 Å². The molecule has 2 aromatic rings. The van der Waals surface area contributed by atoms with Crippen molar-refractivity contribution in [1.29, 1.82) is 0 Å². The minimum absolute atomic E-state index is 0.154. The summed E-state index contributed by atoms with van der Waals surface area (Å²) in [7, 11) is 0. The molecule has 0 aromatic carbocycles. The van der Waals surface area contributed by atoms with Crippen LogP contribution in [0.3, 0.4) is 0 Å². The molecule has 24 heavy (non-hydrogen) atoms. The zero-order valence-electron chi connectivity index (χ0n) is 13.4. The van der Waals surface area contributed by atoms with Crippen molar-refractivity contribution in [2.24, 2.45) is 0 Å². The van der Waals surface area contributed by atoms with Crippen LogP contribution >= 0.6 is 0 Å². The van der Waals surface area contributed by atoms with Crippen LogP contribution in [0.1, 0.15) is 28.7 Å². The Hall–Kier alpha value is -2.33. The highest BCUT2D eigenvalue weighted by Gasteiger charge is 2.25. The molecular formula is C14H20N8O2. The van der Waals surface area contributed by atoms with Crippen LogP contribution in [0.25, 0.3) is 0 Å². The zero-order chi connectivity index (χ0) is 16.4. The van der Waals surface area contributed by atoms with Crippen molar-refractivity contribution in [2.75, 3.05) is 32.8 Å². The van der Waals surface area contributed by atoms with Crippen molar-refractivity contribution >= 4 is 5.91 Å². The molecule has 0 bridgehead atoms. The molecule has 0 saturated carbocycles. The van der Waals surface area contributed by atoms with Crippen molar-refractivity contribution < 1.29 is 9.53 Å². The number of morpholine rings is 1. The van der Waals surface area contributed by atoms with Gasteiger partial charge in [-0.1, -0.05) is 0 Å². The van der Waals surface area contributed by atoms with E-state index in [2.05, 4.69) is 34.8 Å². The van der Waals surface area contributed by atoms with E-state index in [4.69, 9.17) is 4.74 Å². The van der Waals surface area contributed by atoms with Gasteiger partial charge in [0.15, 0.2) is 5.82 Å². The molecule has 4 heterocycles. The molecule has 1 amide bonds. The minimum Gasteiger partial charge on any atom is -0.379 e. The van der Waals surface area contributed by atoms with Crippen LogP contribution in [0.15, 0.2) is 6.33 Å². The highest BCUT2D eigenvalue weighted by atomic mass is 16.5. The van der Waals surface area contributed by atoms with Crippen LogP contribution in [0, 0.1) is 0 Å². The largest absolute Gasteiger partial charge is 0.379 e. The van der Waals surface area contributed by atoms with Crippen LogP contribution in [-0.2, 0) is 24.4 Å². The molecule has 1 saturated heterocycles. The summed E-state index contributed by atoms with van der Waals surface area (Å²) in [5, 5.41) is 15.0. The minimum atomic E-state index is -0.154. The topological polar surface area (TPSA) is 105 Å². The van der Waals surface area contributed by atoms with E-state index in [1.807, 2.05) is 0 Å². The Balaban J connectivity index is 1.49. The quantitative estimate of drug-likeness (QED) is 0.790. The summed E-state index contributed by atoms with van der Waals surface area (Å²) in [6.45, 7) is 6.06. The Bertz CT molecular complexity index is 692. The molecule has 0 atom stereocenters. The fourth-order valence-corrected chi connectivity index (χ4v) is 3.12. The molecule has 2 aliphatic heterocycles. The molecular weight excluding hydrogens is 312 g/mol. The normalized spacial score (nSPS) is 19.1. The first kappa shape index (κ1) is 15.2. The summed E-state index contributed by atoms with van der Waals surface area (Å²) in [5.41, 5.74) is 0. The van der Waals surface area contributed by atoms with Crippen LogP contribution in [0.5, 0.6) is 0 Å². The predicted octanol–water partition coefficient (Wildman–Crippen LogP) is -0.725. The molecule has 10 heteroatoms. The van der Waals surface area contributed by atoms with Gasteiger partial charge < -0.3 is 14.2 Å². The second-order valence-electron chi connectivity index (χ2n) is 5.99. The van der Waals surface area contributed by atoms with Gasteiger partial charge in [-0.15, -0.1) is 10.2 Å². The van der Waals surface area contributed by atoms with E-state index < -0.39 is 0 Å². The molecule has 10 nitrogen and oxygen atoms in total. The van der Waals surface area contributed by atoms with Crippen LogP contribution in [-0.4, -0.2) is 78.5 Å². The molecule has 2 aliphatic rings. The lowest BCUT2D eigenvalue weighted by Crippen LogP contribution is -2.36. The molecule has 1 fully saturated rings. The summed E-state index contributed by atoms with van der Waals surface area (Å²) in [6, 6.07) is 0. The number of hydrogen-bond donors (Lipinski definition) is 1. The van der Waals surface area contributed by atoms with E-state index >= 15 is 0 Å². The number of carbonyl (C=O) groups is 1.